The number of halogens is 1. The van der Waals surface area contributed by atoms with Crippen LogP contribution in [-0.4, -0.2) is 14.5 Å². The van der Waals surface area contributed by atoms with E-state index in [1.807, 2.05) is 18.3 Å². The van der Waals surface area contributed by atoms with Crippen LogP contribution in [-0.2, 0) is 5.88 Å². The number of rotatable bonds is 3. The van der Waals surface area contributed by atoms with E-state index < -0.39 is 0 Å². The van der Waals surface area contributed by atoms with Gasteiger partial charge in [-0.25, -0.2) is 9.97 Å². The fourth-order valence-electron chi connectivity index (χ4n) is 2.56. The maximum absolute atomic E-state index is 6.09. The summed E-state index contributed by atoms with van der Waals surface area (Å²) in [7, 11) is 0. The van der Waals surface area contributed by atoms with Crippen molar-refractivity contribution in [2.75, 3.05) is 0 Å². The van der Waals surface area contributed by atoms with Gasteiger partial charge in [-0.1, -0.05) is 12.1 Å². The second-order valence-electron chi connectivity index (χ2n) is 4.96. The van der Waals surface area contributed by atoms with Gasteiger partial charge >= 0.3 is 0 Å². The van der Waals surface area contributed by atoms with Gasteiger partial charge in [-0.05, 0) is 32.4 Å². The van der Waals surface area contributed by atoms with Crippen LogP contribution in [0.2, 0.25) is 0 Å². The van der Waals surface area contributed by atoms with Crippen molar-refractivity contribution in [3.05, 3.63) is 45.7 Å². The van der Waals surface area contributed by atoms with E-state index in [1.54, 1.807) is 11.3 Å². The van der Waals surface area contributed by atoms with Crippen molar-refractivity contribution < 1.29 is 0 Å². The third kappa shape index (κ3) is 2.13. The van der Waals surface area contributed by atoms with E-state index >= 15 is 0 Å². The molecule has 1 unspecified atom stereocenters. The van der Waals surface area contributed by atoms with E-state index in [0.29, 0.717) is 5.88 Å². The fraction of sp³-hybridized carbons (Fsp3) is 0.333. The first-order valence-corrected chi connectivity index (χ1v) is 7.91. The van der Waals surface area contributed by atoms with Gasteiger partial charge in [0.15, 0.2) is 0 Å². The Kier molecular flexibility index (Phi) is 3.52. The first-order chi connectivity index (χ1) is 9.61. The lowest BCUT2D eigenvalue weighted by molar-refractivity contribution is 0.629. The monoisotopic (exact) mass is 305 g/mol. The summed E-state index contributed by atoms with van der Waals surface area (Å²) in [4.78, 5) is 10.4. The number of imidazole rings is 1. The van der Waals surface area contributed by atoms with Crippen LogP contribution in [0.15, 0.2) is 24.4 Å². The molecule has 0 aliphatic carbocycles. The number of benzene rings is 1. The van der Waals surface area contributed by atoms with E-state index in [4.69, 9.17) is 11.6 Å². The number of aromatic nitrogens is 3. The quantitative estimate of drug-likeness (QED) is 0.669. The lowest BCUT2D eigenvalue weighted by atomic mass is 10.2. The molecule has 1 aromatic carbocycles. The molecule has 0 aliphatic heterocycles. The third-order valence-corrected chi connectivity index (χ3v) is 4.81. The second kappa shape index (κ2) is 5.19. The zero-order valence-corrected chi connectivity index (χ0v) is 13.3. The highest BCUT2D eigenvalue weighted by atomic mass is 35.5. The zero-order valence-electron chi connectivity index (χ0n) is 11.7. The molecule has 104 valence electrons. The standard InChI is InChI=1S/C15H16ClN3S/c1-9-5-4-6-12-14(9)19(13(7-16)18-12)11(3)15-17-8-10(2)20-15/h4-6,8,11H,7H2,1-3H3. The number of aryl methyl sites for hydroxylation is 2. The van der Waals surface area contributed by atoms with Crippen LogP contribution >= 0.6 is 22.9 Å². The lowest BCUT2D eigenvalue weighted by Gasteiger charge is -2.15. The van der Waals surface area contributed by atoms with Crippen LogP contribution in [0.4, 0.5) is 0 Å². The van der Waals surface area contributed by atoms with Crippen molar-refractivity contribution in [2.45, 2.75) is 32.7 Å². The lowest BCUT2D eigenvalue weighted by Crippen LogP contribution is -2.10. The Hall–Kier alpha value is -1.39. The van der Waals surface area contributed by atoms with Crippen molar-refractivity contribution in [1.29, 1.82) is 0 Å². The number of thiazole rings is 1. The van der Waals surface area contributed by atoms with Crippen molar-refractivity contribution in [3.63, 3.8) is 0 Å². The van der Waals surface area contributed by atoms with Gasteiger partial charge in [-0.3, -0.25) is 0 Å². The Morgan fingerprint density at radius 1 is 1.35 bits per heavy atom. The Morgan fingerprint density at radius 3 is 2.80 bits per heavy atom. The molecule has 0 amide bonds. The number of fused-ring (bicyclic) bond motifs is 1. The van der Waals surface area contributed by atoms with Gasteiger partial charge in [0, 0.05) is 11.1 Å². The van der Waals surface area contributed by atoms with Crippen molar-refractivity contribution in [1.82, 2.24) is 14.5 Å². The van der Waals surface area contributed by atoms with E-state index in [9.17, 15) is 0 Å². The molecule has 0 saturated heterocycles. The molecule has 5 heteroatoms. The molecule has 3 aromatic rings. The summed E-state index contributed by atoms with van der Waals surface area (Å²) in [6.07, 6.45) is 1.92. The molecule has 2 aromatic heterocycles. The summed E-state index contributed by atoms with van der Waals surface area (Å²) in [6, 6.07) is 6.33. The molecule has 0 N–H and O–H groups in total. The Labute approximate surface area is 127 Å². The molecule has 20 heavy (non-hydrogen) atoms. The maximum atomic E-state index is 6.09. The van der Waals surface area contributed by atoms with E-state index in [0.717, 1.165) is 21.9 Å². The summed E-state index contributed by atoms with van der Waals surface area (Å²) in [5, 5.41) is 1.09. The highest BCUT2D eigenvalue weighted by Gasteiger charge is 2.19. The molecule has 0 bridgehead atoms. The maximum Gasteiger partial charge on any atom is 0.125 e. The fourth-order valence-corrected chi connectivity index (χ4v) is 3.56. The molecular formula is C15H16ClN3S. The van der Waals surface area contributed by atoms with Gasteiger partial charge in [0.1, 0.15) is 10.8 Å². The van der Waals surface area contributed by atoms with Crippen LogP contribution in [0.25, 0.3) is 11.0 Å². The minimum absolute atomic E-state index is 0.147. The second-order valence-corrected chi connectivity index (χ2v) is 6.49. The molecule has 2 heterocycles. The molecule has 0 fully saturated rings. The number of hydrogen-bond acceptors (Lipinski definition) is 3. The molecule has 1 atom stereocenters. The Balaban J connectivity index is 2.23. The smallest absolute Gasteiger partial charge is 0.125 e. The molecule has 0 aliphatic rings. The predicted molar refractivity (Wildman–Crippen MR) is 84.7 cm³/mol. The van der Waals surface area contributed by atoms with E-state index in [1.165, 1.54) is 10.4 Å². The minimum atomic E-state index is 0.147. The van der Waals surface area contributed by atoms with Gasteiger partial charge in [0.2, 0.25) is 0 Å². The summed E-state index contributed by atoms with van der Waals surface area (Å²) in [5.41, 5.74) is 3.37. The number of para-hydroxylation sites is 1. The normalized spacial score (nSPS) is 13.0. The highest BCUT2D eigenvalue weighted by molar-refractivity contribution is 7.11. The van der Waals surface area contributed by atoms with Gasteiger partial charge in [0.05, 0.1) is 23.0 Å². The van der Waals surface area contributed by atoms with Gasteiger partial charge in [0.25, 0.3) is 0 Å². The SMILES string of the molecule is Cc1cnc(C(C)n2c(CCl)nc3cccc(C)c32)s1. The highest BCUT2D eigenvalue weighted by Crippen LogP contribution is 2.30. The number of alkyl halides is 1. The average Bonchev–Trinajstić information content (AvgIpc) is 3.02. The predicted octanol–water partition coefficient (Wildman–Crippen LogP) is 4.46. The summed E-state index contributed by atoms with van der Waals surface area (Å²) < 4.78 is 2.22. The number of hydrogen-bond donors (Lipinski definition) is 0. The molecular weight excluding hydrogens is 290 g/mol. The topological polar surface area (TPSA) is 30.7 Å². The van der Waals surface area contributed by atoms with Crippen LogP contribution < -0.4 is 0 Å². The first-order valence-electron chi connectivity index (χ1n) is 6.56. The van der Waals surface area contributed by atoms with Crippen LogP contribution in [0.3, 0.4) is 0 Å². The van der Waals surface area contributed by atoms with Gasteiger partial charge in [-0.15, -0.1) is 22.9 Å². The molecule has 0 radical (unpaired) electrons. The third-order valence-electron chi connectivity index (χ3n) is 3.49. The average molecular weight is 306 g/mol. The molecule has 3 nitrogen and oxygen atoms in total. The van der Waals surface area contributed by atoms with Crippen molar-refractivity contribution in [3.8, 4) is 0 Å². The van der Waals surface area contributed by atoms with Crippen LogP contribution in [0, 0.1) is 13.8 Å². The van der Waals surface area contributed by atoms with Crippen LogP contribution in [0.1, 0.15) is 34.2 Å². The van der Waals surface area contributed by atoms with Crippen molar-refractivity contribution in [2.24, 2.45) is 0 Å². The molecule has 0 spiro atoms. The molecule has 0 saturated carbocycles. The van der Waals surface area contributed by atoms with Gasteiger partial charge in [-0.2, -0.15) is 0 Å². The Bertz CT molecular complexity index is 760. The van der Waals surface area contributed by atoms with Crippen LogP contribution in [0.5, 0.6) is 0 Å². The Morgan fingerprint density at radius 2 is 2.15 bits per heavy atom. The first kappa shape index (κ1) is 13.6. The van der Waals surface area contributed by atoms with Gasteiger partial charge < -0.3 is 4.57 Å². The van der Waals surface area contributed by atoms with E-state index in [-0.39, 0.29) is 6.04 Å². The summed E-state index contributed by atoms with van der Waals surface area (Å²) >= 11 is 7.82. The molecule has 3 rings (SSSR count). The summed E-state index contributed by atoms with van der Waals surface area (Å²) in [5.74, 6) is 1.30. The summed E-state index contributed by atoms with van der Waals surface area (Å²) in [6.45, 7) is 6.34. The minimum Gasteiger partial charge on any atom is -0.317 e. The zero-order chi connectivity index (χ0) is 14.3. The van der Waals surface area contributed by atoms with Crippen molar-refractivity contribution >= 4 is 34.0 Å². The largest absolute Gasteiger partial charge is 0.317 e. The van der Waals surface area contributed by atoms with E-state index in [2.05, 4.69) is 41.4 Å². The number of nitrogens with zero attached hydrogens (tertiary/aromatic N) is 3.